The summed E-state index contributed by atoms with van der Waals surface area (Å²) >= 11 is 1.70. The number of esters is 1. The summed E-state index contributed by atoms with van der Waals surface area (Å²) in [5, 5.41) is 2.86. The zero-order valence-electron chi connectivity index (χ0n) is 15.9. The van der Waals surface area contributed by atoms with Crippen LogP contribution >= 0.6 is 11.8 Å². The normalized spacial score (nSPS) is 10.5. The molecule has 2 heterocycles. The van der Waals surface area contributed by atoms with Crippen LogP contribution in [-0.4, -0.2) is 29.0 Å². The number of aryl methyl sites for hydroxylation is 1. The van der Waals surface area contributed by atoms with Crippen LogP contribution in [0.2, 0.25) is 0 Å². The van der Waals surface area contributed by atoms with Crippen LogP contribution in [0.15, 0.2) is 53.7 Å². The van der Waals surface area contributed by atoms with E-state index in [1.807, 2.05) is 42.6 Å². The van der Waals surface area contributed by atoms with Crippen LogP contribution in [0.25, 0.3) is 0 Å². The van der Waals surface area contributed by atoms with Gasteiger partial charge in [0.1, 0.15) is 5.69 Å². The van der Waals surface area contributed by atoms with E-state index in [0.717, 1.165) is 16.2 Å². The van der Waals surface area contributed by atoms with Gasteiger partial charge >= 0.3 is 5.97 Å². The first-order chi connectivity index (χ1) is 13.5. The van der Waals surface area contributed by atoms with Crippen molar-refractivity contribution in [3.63, 3.8) is 0 Å². The lowest BCUT2D eigenvalue weighted by molar-refractivity contribution is 0.0599. The molecule has 2 N–H and O–H groups in total. The van der Waals surface area contributed by atoms with E-state index in [2.05, 4.69) is 15.3 Å². The summed E-state index contributed by atoms with van der Waals surface area (Å²) in [5.41, 5.74) is 3.77. The molecule has 0 aliphatic heterocycles. The molecule has 0 aliphatic carbocycles. The summed E-state index contributed by atoms with van der Waals surface area (Å²) in [7, 11) is 1.32. The number of benzene rings is 1. The second-order valence-electron chi connectivity index (χ2n) is 6.25. The lowest BCUT2D eigenvalue weighted by Gasteiger charge is -2.07. The Bertz CT molecular complexity index is 982. The highest BCUT2D eigenvalue weighted by Crippen LogP contribution is 2.25. The van der Waals surface area contributed by atoms with Gasteiger partial charge < -0.3 is 15.0 Å². The largest absolute Gasteiger partial charge is 0.465 e. The van der Waals surface area contributed by atoms with Gasteiger partial charge in [-0.3, -0.25) is 9.78 Å². The number of aromatic nitrogens is 2. The van der Waals surface area contributed by atoms with E-state index < -0.39 is 5.97 Å². The third kappa shape index (κ3) is 4.43. The topological polar surface area (TPSA) is 84.1 Å². The molecule has 0 bridgehead atoms. The SMILES string of the molecule is COC(=O)c1c(C)[nH]c(C(=O)Nc2ccc(SCc3cccnc3)cc2)c1C. The number of H-pyrrole nitrogens is 1. The van der Waals surface area contributed by atoms with Crippen LogP contribution in [-0.2, 0) is 10.5 Å². The number of hydrogen-bond donors (Lipinski definition) is 2. The number of thioether (sulfide) groups is 1. The minimum absolute atomic E-state index is 0.300. The molecule has 0 saturated carbocycles. The second-order valence-corrected chi connectivity index (χ2v) is 7.29. The number of anilines is 1. The zero-order chi connectivity index (χ0) is 20.1. The molecule has 0 aliphatic rings. The maximum absolute atomic E-state index is 12.6. The van der Waals surface area contributed by atoms with Gasteiger partial charge in [-0.1, -0.05) is 6.07 Å². The molecular formula is C21H21N3O3S. The summed E-state index contributed by atoms with van der Waals surface area (Å²) in [6.07, 6.45) is 3.61. The monoisotopic (exact) mass is 395 g/mol. The van der Waals surface area contributed by atoms with E-state index in [0.29, 0.717) is 28.2 Å². The van der Waals surface area contributed by atoms with Gasteiger partial charge in [-0.15, -0.1) is 11.8 Å². The first-order valence-corrected chi connectivity index (χ1v) is 9.68. The van der Waals surface area contributed by atoms with Crippen molar-refractivity contribution in [1.29, 1.82) is 0 Å². The number of aromatic amines is 1. The van der Waals surface area contributed by atoms with E-state index in [1.54, 1.807) is 31.8 Å². The molecule has 28 heavy (non-hydrogen) atoms. The number of amides is 1. The molecule has 0 atom stereocenters. The molecule has 0 fully saturated rings. The summed E-state index contributed by atoms with van der Waals surface area (Å²) < 4.78 is 4.78. The van der Waals surface area contributed by atoms with Gasteiger partial charge in [0, 0.05) is 34.4 Å². The summed E-state index contributed by atoms with van der Waals surface area (Å²) in [6, 6.07) is 11.6. The fourth-order valence-electron chi connectivity index (χ4n) is 2.86. The third-order valence-corrected chi connectivity index (χ3v) is 5.38. The van der Waals surface area contributed by atoms with Crippen molar-refractivity contribution < 1.29 is 14.3 Å². The van der Waals surface area contributed by atoms with Crippen molar-refractivity contribution in [2.75, 3.05) is 12.4 Å². The molecule has 3 aromatic rings. The Morgan fingerprint density at radius 3 is 2.57 bits per heavy atom. The van der Waals surface area contributed by atoms with Gasteiger partial charge in [0.05, 0.1) is 12.7 Å². The second kappa shape index (κ2) is 8.75. The first-order valence-electron chi connectivity index (χ1n) is 8.70. The van der Waals surface area contributed by atoms with Gasteiger partial charge in [-0.05, 0) is 55.3 Å². The van der Waals surface area contributed by atoms with Crippen molar-refractivity contribution in [1.82, 2.24) is 9.97 Å². The molecule has 0 saturated heterocycles. The molecule has 6 nitrogen and oxygen atoms in total. The number of rotatable bonds is 6. The van der Waals surface area contributed by atoms with Gasteiger partial charge in [0.25, 0.3) is 5.91 Å². The van der Waals surface area contributed by atoms with E-state index in [4.69, 9.17) is 4.74 Å². The van der Waals surface area contributed by atoms with Crippen LogP contribution in [0.1, 0.15) is 37.7 Å². The van der Waals surface area contributed by atoms with Gasteiger partial charge in [0.15, 0.2) is 0 Å². The highest BCUT2D eigenvalue weighted by molar-refractivity contribution is 7.98. The fraction of sp³-hybridized carbons (Fsp3) is 0.190. The standard InChI is InChI=1S/C21H21N3O3S/c1-13-18(21(26)27-3)14(2)23-19(13)20(25)24-16-6-8-17(9-7-16)28-12-15-5-4-10-22-11-15/h4-11,23H,12H2,1-3H3,(H,24,25). The van der Waals surface area contributed by atoms with E-state index >= 15 is 0 Å². The number of hydrogen-bond acceptors (Lipinski definition) is 5. The van der Waals surface area contributed by atoms with Crippen molar-refractivity contribution in [2.45, 2.75) is 24.5 Å². The van der Waals surface area contributed by atoms with Crippen LogP contribution in [0.4, 0.5) is 5.69 Å². The molecule has 0 spiro atoms. The highest BCUT2D eigenvalue weighted by Gasteiger charge is 2.22. The Hall–Kier alpha value is -3.06. The predicted octanol–water partition coefficient (Wildman–Crippen LogP) is 4.36. The van der Waals surface area contributed by atoms with Gasteiger partial charge in [-0.25, -0.2) is 4.79 Å². The fourth-order valence-corrected chi connectivity index (χ4v) is 3.70. The molecule has 144 valence electrons. The maximum atomic E-state index is 12.6. The number of ether oxygens (including phenoxy) is 1. The number of nitrogens with one attached hydrogen (secondary N) is 2. The van der Waals surface area contributed by atoms with Crippen molar-refractivity contribution in [3.8, 4) is 0 Å². The molecule has 7 heteroatoms. The lowest BCUT2D eigenvalue weighted by atomic mass is 10.1. The van der Waals surface area contributed by atoms with Gasteiger partial charge in [-0.2, -0.15) is 0 Å². The quantitative estimate of drug-likeness (QED) is 0.479. The lowest BCUT2D eigenvalue weighted by Crippen LogP contribution is -2.14. The van der Waals surface area contributed by atoms with Crippen LogP contribution < -0.4 is 5.32 Å². The maximum Gasteiger partial charge on any atom is 0.339 e. The number of carbonyl (C=O) groups excluding carboxylic acids is 2. The molecule has 0 radical (unpaired) electrons. The third-order valence-electron chi connectivity index (χ3n) is 4.29. The van der Waals surface area contributed by atoms with Crippen LogP contribution in [0.5, 0.6) is 0 Å². The molecule has 1 amide bonds. The Kier molecular flexibility index (Phi) is 6.16. The summed E-state index contributed by atoms with van der Waals surface area (Å²) in [6.45, 7) is 3.47. The summed E-state index contributed by atoms with van der Waals surface area (Å²) in [5.74, 6) is 0.0726. The molecule has 1 aromatic carbocycles. The Balaban J connectivity index is 1.65. The zero-order valence-corrected chi connectivity index (χ0v) is 16.7. The smallest absolute Gasteiger partial charge is 0.339 e. The van der Waals surface area contributed by atoms with Crippen molar-refractivity contribution in [2.24, 2.45) is 0 Å². The van der Waals surface area contributed by atoms with Gasteiger partial charge in [0.2, 0.25) is 0 Å². The Morgan fingerprint density at radius 2 is 1.93 bits per heavy atom. The van der Waals surface area contributed by atoms with Crippen molar-refractivity contribution >= 4 is 29.3 Å². The first kappa shape index (κ1) is 19.7. The number of methoxy groups -OCH3 is 1. The average Bonchev–Trinajstić information content (AvgIpc) is 3.02. The summed E-state index contributed by atoms with van der Waals surface area (Å²) in [4.78, 5) is 32.7. The Morgan fingerprint density at radius 1 is 1.18 bits per heavy atom. The number of nitrogens with zero attached hydrogens (tertiary/aromatic N) is 1. The van der Waals surface area contributed by atoms with Crippen molar-refractivity contribution in [3.05, 3.63) is 76.9 Å². The number of pyridine rings is 1. The average molecular weight is 395 g/mol. The molecule has 2 aromatic heterocycles. The Labute approximate surface area is 167 Å². The molecule has 3 rings (SSSR count). The molecular weight excluding hydrogens is 374 g/mol. The van der Waals surface area contributed by atoms with Crippen LogP contribution in [0, 0.1) is 13.8 Å². The minimum Gasteiger partial charge on any atom is -0.465 e. The van der Waals surface area contributed by atoms with E-state index in [1.165, 1.54) is 7.11 Å². The number of carbonyl (C=O) groups is 2. The van der Waals surface area contributed by atoms with E-state index in [9.17, 15) is 9.59 Å². The minimum atomic E-state index is -0.458. The molecule has 0 unspecified atom stereocenters. The van der Waals surface area contributed by atoms with E-state index in [-0.39, 0.29) is 5.91 Å². The predicted molar refractivity (Wildman–Crippen MR) is 110 cm³/mol. The highest BCUT2D eigenvalue weighted by atomic mass is 32.2. The van der Waals surface area contributed by atoms with Crippen LogP contribution in [0.3, 0.4) is 0 Å².